The number of likely N-dealkylation sites (N-methyl/N-ethyl adjacent to an activating group) is 1. The molecular weight excluding hydrogens is 264 g/mol. The number of aryl methyl sites for hydroxylation is 1. The molecule has 0 aliphatic rings. The van der Waals surface area contributed by atoms with E-state index in [0.717, 1.165) is 44.8 Å². The largest absolute Gasteiger partial charge is 0.379 e. The number of nitrogens with zero attached hydrogens (tertiary/aromatic N) is 4. The molecule has 124 valence electrons. The van der Waals surface area contributed by atoms with Crippen molar-refractivity contribution in [2.24, 2.45) is 0 Å². The molecule has 0 aromatic carbocycles. The molecule has 0 unspecified atom stereocenters. The Morgan fingerprint density at radius 2 is 2.00 bits per heavy atom. The van der Waals surface area contributed by atoms with Gasteiger partial charge in [0.1, 0.15) is 0 Å². The van der Waals surface area contributed by atoms with E-state index in [-0.39, 0.29) is 0 Å². The van der Waals surface area contributed by atoms with Crippen LogP contribution in [0.4, 0.5) is 0 Å². The van der Waals surface area contributed by atoms with Crippen LogP contribution in [0.1, 0.15) is 53.2 Å². The molecule has 1 aromatic rings. The van der Waals surface area contributed by atoms with Gasteiger partial charge in [-0.1, -0.05) is 26.0 Å². The lowest BCUT2D eigenvalue weighted by Crippen LogP contribution is -2.21. The zero-order valence-corrected chi connectivity index (χ0v) is 14.8. The van der Waals surface area contributed by atoms with Gasteiger partial charge in [0.2, 0.25) is 0 Å². The Kier molecular flexibility index (Phi) is 12.2. The van der Waals surface area contributed by atoms with Crippen molar-refractivity contribution in [3.63, 3.8) is 0 Å². The smallest absolute Gasteiger partial charge is 0.0839 e. The second-order valence-electron chi connectivity index (χ2n) is 5.30. The van der Waals surface area contributed by atoms with Crippen molar-refractivity contribution < 1.29 is 4.74 Å². The molecule has 0 atom stereocenters. The van der Waals surface area contributed by atoms with Gasteiger partial charge in [-0.05, 0) is 40.3 Å². The zero-order chi connectivity index (χ0) is 16.1. The first-order valence-corrected chi connectivity index (χ1v) is 8.31. The van der Waals surface area contributed by atoms with Gasteiger partial charge in [-0.15, -0.1) is 5.10 Å². The SMILES string of the molecule is CC.CCCN(C)CCc1cn(CCCOC(C)C)nn1. The number of hydrogen-bond donors (Lipinski definition) is 0. The van der Waals surface area contributed by atoms with Crippen LogP contribution in [0.3, 0.4) is 0 Å². The van der Waals surface area contributed by atoms with Gasteiger partial charge in [-0.3, -0.25) is 4.68 Å². The van der Waals surface area contributed by atoms with Crippen LogP contribution in [0.5, 0.6) is 0 Å². The fourth-order valence-corrected chi connectivity index (χ4v) is 1.91. The summed E-state index contributed by atoms with van der Waals surface area (Å²) in [6.45, 7) is 14.2. The second kappa shape index (κ2) is 12.8. The number of rotatable bonds is 10. The number of ether oxygens (including phenoxy) is 1. The second-order valence-corrected chi connectivity index (χ2v) is 5.30. The van der Waals surface area contributed by atoms with E-state index < -0.39 is 0 Å². The first-order valence-electron chi connectivity index (χ1n) is 8.31. The highest BCUT2D eigenvalue weighted by atomic mass is 16.5. The molecule has 0 N–H and O–H groups in total. The van der Waals surface area contributed by atoms with Crippen LogP contribution in [-0.2, 0) is 17.7 Å². The molecule has 5 nitrogen and oxygen atoms in total. The maximum Gasteiger partial charge on any atom is 0.0839 e. The van der Waals surface area contributed by atoms with Crippen molar-refractivity contribution in [3.8, 4) is 0 Å². The number of aromatic nitrogens is 3. The van der Waals surface area contributed by atoms with Gasteiger partial charge in [0.15, 0.2) is 0 Å². The fourth-order valence-electron chi connectivity index (χ4n) is 1.91. The van der Waals surface area contributed by atoms with E-state index in [9.17, 15) is 0 Å². The zero-order valence-electron chi connectivity index (χ0n) is 14.8. The molecule has 5 heteroatoms. The van der Waals surface area contributed by atoms with E-state index in [1.165, 1.54) is 6.42 Å². The van der Waals surface area contributed by atoms with Crippen LogP contribution in [0.15, 0.2) is 6.20 Å². The molecule has 0 aliphatic carbocycles. The maximum atomic E-state index is 5.51. The first-order chi connectivity index (χ1) is 10.1. The van der Waals surface area contributed by atoms with E-state index in [0.29, 0.717) is 6.10 Å². The molecule has 0 fully saturated rings. The highest BCUT2D eigenvalue weighted by molar-refractivity contribution is 4.92. The van der Waals surface area contributed by atoms with Crippen LogP contribution in [-0.4, -0.2) is 52.7 Å². The van der Waals surface area contributed by atoms with E-state index >= 15 is 0 Å². The summed E-state index contributed by atoms with van der Waals surface area (Å²) in [5.74, 6) is 0. The molecule has 0 radical (unpaired) electrons. The lowest BCUT2D eigenvalue weighted by Gasteiger charge is -2.13. The fraction of sp³-hybridized carbons (Fsp3) is 0.875. The van der Waals surface area contributed by atoms with Gasteiger partial charge >= 0.3 is 0 Å². The van der Waals surface area contributed by atoms with E-state index in [4.69, 9.17) is 4.74 Å². The van der Waals surface area contributed by atoms with E-state index in [1.54, 1.807) is 0 Å². The van der Waals surface area contributed by atoms with Crippen molar-refractivity contribution >= 4 is 0 Å². The maximum absolute atomic E-state index is 5.51. The molecule has 1 heterocycles. The third-order valence-corrected chi connectivity index (χ3v) is 2.92. The van der Waals surface area contributed by atoms with Crippen molar-refractivity contribution in [3.05, 3.63) is 11.9 Å². The topological polar surface area (TPSA) is 43.2 Å². The summed E-state index contributed by atoms with van der Waals surface area (Å²) in [4.78, 5) is 2.33. The molecule has 1 aromatic heterocycles. The quantitative estimate of drug-likeness (QED) is 0.623. The Hall–Kier alpha value is -0.940. The summed E-state index contributed by atoms with van der Waals surface area (Å²) in [5.41, 5.74) is 1.08. The minimum atomic E-state index is 0.306. The minimum Gasteiger partial charge on any atom is -0.379 e. The third kappa shape index (κ3) is 10.4. The average molecular weight is 298 g/mol. The van der Waals surface area contributed by atoms with Gasteiger partial charge in [0.05, 0.1) is 11.8 Å². The minimum absolute atomic E-state index is 0.306. The van der Waals surface area contributed by atoms with E-state index in [2.05, 4.69) is 49.2 Å². The molecule has 0 saturated carbocycles. The van der Waals surface area contributed by atoms with Gasteiger partial charge in [0.25, 0.3) is 0 Å². The molecule has 0 spiro atoms. The highest BCUT2D eigenvalue weighted by Crippen LogP contribution is 1.99. The van der Waals surface area contributed by atoms with Gasteiger partial charge in [-0.2, -0.15) is 0 Å². The van der Waals surface area contributed by atoms with Crippen molar-refractivity contribution in [2.45, 2.75) is 66.5 Å². The van der Waals surface area contributed by atoms with Crippen molar-refractivity contribution in [2.75, 3.05) is 26.7 Å². The summed E-state index contributed by atoms with van der Waals surface area (Å²) in [6, 6.07) is 0. The Morgan fingerprint density at radius 3 is 2.62 bits per heavy atom. The predicted molar refractivity (Wildman–Crippen MR) is 88.6 cm³/mol. The van der Waals surface area contributed by atoms with Crippen LogP contribution in [0, 0.1) is 0 Å². The Balaban J connectivity index is 0.00000191. The summed E-state index contributed by atoms with van der Waals surface area (Å²) in [6.07, 6.45) is 5.50. The van der Waals surface area contributed by atoms with E-state index in [1.807, 2.05) is 18.5 Å². The Labute approximate surface area is 130 Å². The average Bonchev–Trinajstić information content (AvgIpc) is 2.92. The number of hydrogen-bond acceptors (Lipinski definition) is 4. The molecule has 0 amide bonds. The van der Waals surface area contributed by atoms with Crippen LogP contribution >= 0.6 is 0 Å². The lowest BCUT2D eigenvalue weighted by molar-refractivity contribution is 0.0742. The molecular formula is C16H34N4O. The van der Waals surface area contributed by atoms with Crippen LogP contribution in [0.25, 0.3) is 0 Å². The lowest BCUT2D eigenvalue weighted by atomic mass is 10.3. The molecule has 21 heavy (non-hydrogen) atoms. The molecule has 0 saturated heterocycles. The Morgan fingerprint density at radius 1 is 1.29 bits per heavy atom. The predicted octanol–water partition coefficient (Wildman–Crippen LogP) is 3.00. The normalized spacial score (nSPS) is 10.9. The van der Waals surface area contributed by atoms with Crippen molar-refractivity contribution in [1.29, 1.82) is 0 Å². The highest BCUT2D eigenvalue weighted by Gasteiger charge is 2.03. The monoisotopic (exact) mass is 298 g/mol. The summed E-state index contributed by atoms with van der Waals surface area (Å²) < 4.78 is 7.42. The van der Waals surface area contributed by atoms with Gasteiger partial charge in [0, 0.05) is 32.3 Å². The van der Waals surface area contributed by atoms with Crippen LogP contribution in [0.2, 0.25) is 0 Å². The summed E-state index contributed by atoms with van der Waals surface area (Å²) in [7, 11) is 2.15. The first kappa shape index (κ1) is 20.1. The molecule has 1 rings (SSSR count). The van der Waals surface area contributed by atoms with Crippen molar-refractivity contribution in [1.82, 2.24) is 19.9 Å². The molecule has 0 bridgehead atoms. The third-order valence-electron chi connectivity index (χ3n) is 2.92. The standard InChI is InChI=1S/C14H28N4O.C2H6/c1-5-8-17(4)10-7-14-12-18(16-15-14)9-6-11-19-13(2)3;1-2/h12-13H,5-11H2,1-4H3;1-2H3. The van der Waals surface area contributed by atoms with Gasteiger partial charge < -0.3 is 9.64 Å². The van der Waals surface area contributed by atoms with Crippen LogP contribution < -0.4 is 0 Å². The summed E-state index contributed by atoms with van der Waals surface area (Å²) in [5, 5.41) is 8.36. The Bertz CT molecular complexity index is 339. The molecule has 0 aliphatic heterocycles. The van der Waals surface area contributed by atoms with Gasteiger partial charge in [-0.25, -0.2) is 0 Å². The summed E-state index contributed by atoms with van der Waals surface area (Å²) >= 11 is 0.